The molecule has 0 aliphatic carbocycles. The minimum atomic E-state index is 0.702. The van der Waals surface area contributed by atoms with E-state index in [-0.39, 0.29) is 0 Å². The number of carbonyl (C=O) groups excluding carboxylic acids is 1. The van der Waals surface area contributed by atoms with Crippen LogP contribution in [0.15, 0.2) is 24.3 Å². The summed E-state index contributed by atoms with van der Waals surface area (Å²) < 4.78 is 5.08. The summed E-state index contributed by atoms with van der Waals surface area (Å²) in [5, 5.41) is 0.851. The van der Waals surface area contributed by atoms with E-state index < -0.39 is 0 Å². The van der Waals surface area contributed by atoms with Crippen molar-refractivity contribution in [3.8, 4) is 16.9 Å². The number of aldehydes is 1. The maximum atomic E-state index is 10.5. The second-order valence-electron chi connectivity index (χ2n) is 2.89. The van der Waals surface area contributed by atoms with E-state index in [1.54, 1.807) is 13.2 Å². The third-order valence-electron chi connectivity index (χ3n) is 1.83. The largest absolute Gasteiger partial charge is 0.487 e. The smallest absolute Gasteiger partial charge is 0.174 e. The van der Waals surface area contributed by atoms with Crippen molar-refractivity contribution < 1.29 is 9.53 Å². The molecule has 0 saturated carbocycles. The van der Waals surface area contributed by atoms with Crippen LogP contribution in [-0.2, 0) is 0 Å². The molecule has 0 radical (unpaired) electrons. The van der Waals surface area contributed by atoms with Gasteiger partial charge in [-0.15, -0.1) is 11.3 Å². The van der Waals surface area contributed by atoms with Crippen LogP contribution < -0.4 is 4.74 Å². The first-order valence-corrected chi connectivity index (χ1v) is 6.16. The molecule has 0 aliphatic heterocycles. The molecule has 0 N–H and O–H groups in total. The standard InChI is InChI=1S/C12H8O2S2/c1-14-12-7-6-10(16-12)3-2-9-4-5-11(8-13)15-9/h4-8H,1H3. The maximum Gasteiger partial charge on any atom is 0.174 e. The average Bonchev–Trinajstić information content (AvgIpc) is 2.95. The van der Waals surface area contributed by atoms with E-state index in [4.69, 9.17) is 4.74 Å². The topological polar surface area (TPSA) is 26.3 Å². The summed E-state index contributed by atoms with van der Waals surface area (Å²) in [7, 11) is 1.64. The number of carbonyl (C=O) groups is 1. The summed E-state index contributed by atoms with van der Waals surface area (Å²) in [5.41, 5.74) is 0. The van der Waals surface area contributed by atoms with Crippen molar-refractivity contribution in [1.29, 1.82) is 0 Å². The van der Waals surface area contributed by atoms with E-state index in [2.05, 4.69) is 11.8 Å². The summed E-state index contributed by atoms with van der Waals surface area (Å²) in [6.45, 7) is 0. The summed E-state index contributed by atoms with van der Waals surface area (Å²) in [6.07, 6.45) is 0.837. The van der Waals surface area contributed by atoms with Gasteiger partial charge in [-0.05, 0) is 36.1 Å². The van der Waals surface area contributed by atoms with Gasteiger partial charge in [-0.25, -0.2) is 0 Å². The summed E-state index contributed by atoms with van der Waals surface area (Å²) in [5.74, 6) is 6.05. The van der Waals surface area contributed by atoms with Crippen molar-refractivity contribution in [3.63, 3.8) is 0 Å². The molecule has 2 aromatic rings. The van der Waals surface area contributed by atoms with Gasteiger partial charge in [-0.1, -0.05) is 11.3 Å². The zero-order valence-electron chi connectivity index (χ0n) is 8.52. The molecule has 0 aromatic carbocycles. The molecule has 0 amide bonds. The van der Waals surface area contributed by atoms with E-state index in [1.807, 2.05) is 18.2 Å². The fourth-order valence-electron chi connectivity index (χ4n) is 1.10. The van der Waals surface area contributed by atoms with Crippen LogP contribution in [0.1, 0.15) is 19.4 Å². The highest BCUT2D eigenvalue weighted by Crippen LogP contribution is 2.23. The Morgan fingerprint density at radius 3 is 2.38 bits per heavy atom. The number of hydrogen-bond acceptors (Lipinski definition) is 4. The second-order valence-corrected chi connectivity index (χ2v) is 5.05. The number of thiophene rings is 2. The van der Waals surface area contributed by atoms with E-state index in [0.29, 0.717) is 4.88 Å². The van der Waals surface area contributed by atoms with Crippen molar-refractivity contribution >= 4 is 29.0 Å². The van der Waals surface area contributed by atoms with Gasteiger partial charge < -0.3 is 4.74 Å². The Kier molecular flexibility index (Phi) is 3.40. The van der Waals surface area contributed by atoms with Crippen molar-refractivity contribution in [1.82, 2.24) is 0 Å². The van der Waals surface area contributed by atoms with Crippen molar-refractivity contribution in [2.45, 2.75) is 0 Å². The van der Waals surface area contributed by atoms with Gasteiger partial charge in [0.2, 0.25) is 0 Å². The summed E-state index contributed by atoms with van der Waals surface area (Å²) >= 11 is 2.90. The van der Waals surface area contributed by atoms with E-state index in [0.717, 1.165) is 21.1 Å². The highest BCUT2D eigenvalue weighted by molar-refractivity contribution is 7.14. The van der Waals surface area contributed by atoms with Crippen LogP contribution in [0, 0.1) is 11.8 Å². The van der Waals surface area contributed by atoms with Gasteiger partial charge in [0.05, 0.1) is 21.7 Å². The van der Waals surface area contributed by atoms with Crippen LogP contribution in [0.3, 0.4) is 0 Å². The first-order chi connectivity index (χ1) is 7.81. The SMILES string of the molecule is COc1ccc(C#Cc2ccc(C=O)s2)s1. The van der Waals surface area contributed by atoms with Gasteiger partial charge >= 0.3 is 0 Å². The molecule has 0 spiro atoms. The number of methoxy groups -OCH3 is 1. The lowest BCUT2D eigenvalue weighted by molar-refractivity contribution is 0.112. The maximum absolute atomic E-state index is 10.5. The van der Waals surface area contributed by atoms with Crippen LogP contribution in [0.25, 0.3) is 0 Å². The Bertz CT molecular complexity index is 555. The fraction of sp³-hybridized carbons (Fsp3) is 0.0833. The highest BCUT2D eigenvalue weighted by Gasteiger charge is 1.97. The van der Waals surface area contributed by atoms with Gasteiger partial charge in [-0.3, -0.25) is 4.79 Å². The molecule has 0 aliphatic rings. The molecular weight excluding hydrogens is 240 g/mol. The van der Waals surface area contributed by atoms with Crippen LogP contribution in [0.5, 0.6) is 5.06 Å². The third-order valence-corrected chi connectivity index (χ3v) is 3.72. The van der Waals surface area contributed by atoms with Gasteiger partial charge in [0.1, 0.15) is 0 Å². The number of hydrogen-bond donors (Lipinski definition) is 0. The van der Waals surface area contributed by atoms with Crippen molar-refractivity contribution in [2.24, 2.45) is 0 Å². The van der Waals surface area contributed by atoms with Gasteiger partial charge in [0.25, 0.3) is 0 Å². The van der Waals surface area contributed by atoms with Crippen molar-refractivity contribution in [3.05, 3.63) is 38.9 Å². The van der Waals surface area contributed by atoms with E-state index >= 15 is 0 Å². The average molecular weight is 248 g/mol. The van der Waals surface area contributed by atoms with Crippen LogP contribution >= 0.6 is 22.7 Å². The van der Waals surface area contributed by atoms with E-state index in [9.17, 15) is 4.79 Å². The molecule has 4 heteroatoms. The zero-order chi connectivity index (χ0) is 11.4. The Labute approximate surface area is 102 Å². The Hall–Kier alpha value is -1.57. The molecule has 0 unspecified atom stereocenters. The van der Waals surface area contributed by atoms with Crippen LogP contribution in [0.4, 0.5) is 0 Å². The molecule has 0 bridgehead atoms. The predicted octanol–water partition coefficient (Wildman–Crippen LogP) is 3.03. The van der Waals surface area contributed by atoms with Gasteiger partial charge in [0, 0.05) is 0 Å². The highest BCUT2D eigenvalue weighted by atomic mass is 32.1. The molecule has 0 fully saturated rings. The molecule has 80 valence electrons. The quantitative estimate of drug-likeness (QED) is 0.603. The Balaban J connectivity index is 2.17. The molecular formula is C12H8O2S2. The molecule has 2 rings (SSSR count). The van der Waals surface area contributed by atoms with E-state index in [1.165, 1.54) is 22.7 Å². The first-order valence-electron chi connectivity index (χ1n) is 4.52. The van der Waals surface area contributed by atoms with Gasteiger partial charge in [-0.2, -0.15) is 0 Å². The number of ether oxygens (including phenoxy) is 1. The molecule has 2 aromatic heterocycles. The lowest BCUT2D eigenvalue weighted by Gasteiger charge is -1.87. The molecule has 0 saturated heterocycles. The fourth-order valence-corrected chi connectivity index (χ4v) is 2.45. The molecule has 2 nitrogen and oxygen atoms in total. The second kappa shape index (κ2) is 4.97. The Morgan fingerprint density at radius 1 is 1.12 bits per heavy atom. The Morgan fingerprint density at radius 2 is 1.81 bits per heavy atom. The summed E-state index contributed by atoms with van der Waals surface area (Å²) in [4.78, 5) is 13.0. The summed E-state index contributed by atoms with van der Waals surface area (Å²) in [6, 6.07) is 7.44. The lowest BCUT2D eigenvalue weighted by atomic mass is 10.4. The molecule has 0 atom stereocenters. The number of rotatable bonds is 2. The lowest BCUT2D eigenvalue weighted by Crippen LogP contribution is -1.73. The molecule has 16 heavy (non-hydrogen) atoms. The minimum absolute atomic E-state index is 0.702. The minimum Gasteiger partial charge on any atom is -0.487 e. The van der Waals surface area contributed by atoms with Crippen molar-refractivity contribution in [2.75, 3.05) is 7.11 Å². The first kappa shape index (κ1) is 10.9. The van der Waals surface area contributed by atoms with Crippen LogP contribution in [0.2, 0.25) is 0 Å². The predicted molar refractivity (Wildman–Crippen MR) is 66.6 cm³/mol. The van der Waals surface area contributed by atoms with Crippen LogP contribution in [-0.4, -0.2) is 13.4 Å². The monoisotopic (exact) mass is 248 g/mol. The third kappa shape index (κ3) is 2.51. The van der Waals surface area contributed by atoms with Gasteiger partial charge in [0.15, 0.2) is 11.3 Å². The molecule has 2 heterocycles. The normalized spacial score (nSPS) is 9.31. The zero-order valence-corrected chi connectivity index (χ0v) is 10.2.